The average molecular weight is 143 g/mol. The fourth-order valence-electron chi connectivity index (χ4n) is 0.788. The van der Waals surface area contributed by atoms with Crippen LogP contribution in [0.15, 0.2) is 0 Å². The third kappa shape index (κ3) is 2.97. The van der Waals surface area contributed by atoms with Gasteiger partial charge in [-0.05, 0) is 19.8 Å². The quantitative estimate of drug-likeness (QED) is 0.589. The van der Waals surface area contributed by atoms with Crippen molar-refractivity contribution in [2.24, 2.45) is 0 Å². The fraction of sp³-hybridized carbons (Fsp3) is 0.875. The first-order valence-corrected chi connectivity index (χ1v) is 3.87. The summed E-state index contributed by atoms with van der Waals surface area (Å²) in [5, 5.41) is 3.18. The maximum Gasteiger partial charge on any atom is 0.133 e. The molecular formula is C8H17NO. The summed E-state index contributed by atoms with van der Waals surface area (Å²) in [5.74, 6) is 0. The van der Waals surface area contributed by atoms with Gasteiger partial charge in [0.25, 0.3) is 0 Å². The standard InChI is InChI=1S/C8H17NO/c1-4-8(3,5-2)9-6-7-10/h7,9H,4-6H2,1-3H3. The molecule has 0 aliphatic carbocycles. The van der Waals surface area contributed by atoms with E-state index < -0.39 is 0 Å². The Morgan fingerprint density at radius 2 is 1.90 bits per heavy atom. The van der Waals surface area contributed by atoms with Gasteiger partial charge in [0.15, 0.2) is 0 Å². The normalized spacial score (nSPS) is 11.5. The van der Waals surface area contributed by atoms with E-state index in [2.05, 4.69) is 26.1 Å². The van der Waals surface area contributed by atoms with Crippen molar-refractivity contribution in [1.82, 2.24) is 5.32 Å². The zero-order valence-electron chi connectivity index (χ0n) is 7.11. The van der Waals surface area contributed by atoms with Gasteiger partial charge in [-0.2, -0.15) is 0 Å². The maximum absolute atomic E-state index is 10.0. The highest BCUT2D eigenvalue weighted by Crippen LogP contribution is 2.12. The SMILES string of the molecule is CCC(C)(CC)NCC=O. The number of hydrogen-bond donors (Lipinski definition) is 1. The van der Waals surface area contributed by atoms with Crippen LogP contribution in [0.1, 0.15) is 33.6 Å². The number of carbonyl (C=O) groups is 1. The highest BCUT2D eigenvalue weighted by Gasteiger charge is 2.16. The van der Waals surface area contributed by atoms with Gasteiger partial charge in [-0.3, -0.25) is 0 Å². The van der Waals surface area contributed by atoms with Crippen molar-refractivity contribution in [2.75, 3.05) is 6.54 Å². The van der Waals surface area contributed by atoms with Gasteiger partial charge in [0, 0.05) is 5.54 Å². The summed E-state index contributed by atoms with van der Waals surface area (Å²) in [6.07, 6.45) is 3.04. The van der Waals surface area contributed by atoms with E-state index in [1.807, 2.05) is 0 Å². The second kappa shape index (κ2) is 4.45. The van der Waals surface area contributed by atoms with Crippen LogP contribution in [0.25, 0.3) is 0 Å². The molecule has 0 radical (unpaired) electrons. The molecule has 0 atom stereocenters. The summed E-state index contributed by atoms with van der Waals surface area (Å²) in [4.78, 5) is 10.0. The zero-order chi connectivity index (χ0) is 8.04. The number of rotatable bonds is 5. The lowest BCUT2D eigenvalue weighted by atomic mass is 9.96. The Bertz CT molecular complexity index is 97.4. The molecule has 0 aromatic rings. The summed E-state index contributed by atoms with van der Waals surface area (Å²) in [7, 11) is 0. The minimum absolute atomic E-state index is 0.154. The summed E-state index contributed by atoms with van der Waals surface area (Å²) < 4.78 is 0. The minimum atomic E-state index is 0.154. The molecule has 0 aliphatic heterocycles. The summed E-state index contributed by atoms with van der Waals surface area (Å²) in [6.45, 7) is 6.86. The molecule has 0 saturated heterocycles. The predicted octanol–water partition coefficient (Wildman–Crippen LogP) is 1.35. The van der Waals surface area contributed by atoms with Gasteiger partial charge in [-0.25, -0.2) is 0 Å². The Morgan fingerprint density at radius 1 is 1.40 bits per heavy atom. The van der Waals surface area contributed by atoms with E-state index in [-0.39, 0.29) is 5.54 Å². The Labute approximate surface area is 63.0 Å². The number of aldehydes is 1. The van der Waals surface area contributed by atoms with Gasteiger partial charge >= 0.3 is 0 Å². The van der Waals surface area contributed by atoms with Gasteiger partial charge in [0.2, 0.25) is 0 Å². The first-order valence-electron chi connectivity index (χ1n) is 3.87. The summed E-state index contributed by atoms with van der Waals surface area (Å²) in [5.41, 5.74) is 0.154. The third-order valence-electron chi connectivity index (χ3n) is 2.17. The maximum atomic E-state index is 10.0. The molecule has 2 heteroatoms. The fourth-order valence-corrected chi connectivity index (χ4v) is 0.788. The molecule has 2 nitrogen and oxygen atoms in total. The second-order valence-electron chi connectivity index (χ2n) is 2.82. The molecular weight excluding hydrogens is 126 g/mol. The highest BCUT2D eigenvalue weighted by atomic mass is 16.1. The largest absolute Gasteiger partial charge is 0.305 e. The number of nitrogens with one attached hydrogen (secondary N) is 1. The minimum Gasteiger partial charge on any atom is -0.305 e. The van der Waals surface area contributed by atoms with Crippen LogP contribution in [0.3, 0.4) is 0 Å². The van der Waals surface area contributed by atoms with E-state index in [0.29, 0.717) is 6.54 Å². The van der Waals surface area contributed by atoms with Crippen molar-refractivity contribution in [3.8, 4) is 0 Å². The Kier molecular flexibility index (Phi) is 4.28. The topological polar surface area (TPSA) is 29.1 Å². The number of hydrogen-bond acceptors (Lipinski definition) is 2. The Balaban J connectivity index is 3.68. The molecule has 0 unspecified atom stereocenters. The van der Waals surface area contributed by atoms with Crippen LogP contribution in [0.4, 0.5) is 0 Å². The van der Waals surface area contributed by atoms with E-state index >= 15 is 0 Å². The van der Waals surface area contributed by atoms with Gasteiger partial charge in [-0.15, -0.1) is 0 Å². The van der Waals surface area contributed by atoms with Crippen molar-refractivity contribution >= 4 is 6.29 Å². The molecule has 0 amide bonds. The molecule has 0 aliphatic rings. The van der Waals surface area contributed by atoms with Gasteiger partial charge in [0.1, 0.15) is 6.29 Å². The Morgan fingerprint density at radius 3 is 2.20 bits per heavy atom. The third-order valence-corrected chi connectivity index (χ3v) is 2.17. The van der Waals surface area contributed by atoms with Crippen LogP contribution >= 0.6 is 0 Å². The molecule has 0 aromatic carbocycles. The lowest BCUT2D eigenvalue weighted by Gasteiger charge is -2.26. The van der Waals surface area contributed by atoms with E-state index in [1.54, 1.807) is 0 Å². The molecule has 0 bridgehead atoms. The van der Waals surface area contributed by atoms with Crippen LogP contribution in [-0.2, 0) is 4.79 Å². The molecule has 0 rings (SSSR count). The lowest BCUT2D eigenvalue weighted by molar-refractivity contribution is -0.107. The highest BCUT2D eigenvalue weighted by molar-refractivity contribution is 5.52. The van der Waals surface area contributed by atoms with Crippen LogP contribution in [-0.4, -0.2) is 18.4 Å². The molecule has 10 heavy (non-hydrogen) atoms. The monoisotopic (exact) mass is 143 g/mol. The molecule has 0 spiro atoms. The van der Waals surface area contributed by atoms with E-state index in [9.17, 15) is 4.79 Å². The smallest absolute Gasteiger partial charge is 0.133 e. The van der Waals surface area contributed by atoms with Crippen LogP contribution in [0.5, 0.6) is 0 Å². The summed E-state index contributed by atoms with van der Waals surface area (Å²) in [6, 6.07) is 0. The number of carbonyl (C=O) groups excluding carboxylic acids is 1. The van der Waals surface area contributed by atoms with Crippen molar-refractivity contribution in [3.63, 3.8) is 0 Å². The molecule has 60 valence electrons. The van der Waals surface area contributed by atoms with Gasteiger partial charge < -0.3 is 10.1 Å². The van der Waals surface area contributed by atoms with Gasteiger partial charge in [-0.1, -0.05) is 13.8 Å². The van der Waals surface area contributed by atoms with Crippen LogP contribution < -0.4 is 5.32 Å². The van der Waals surface area contributed by atoms with Crippen molar-refractivity contribution < 1.29 is 4.79 Å². The van der Waals surface area contributed by atoms with Crippen molar-refractivity contribution in [3.05, 3.63) is 0 Å². The molecule has 0 heterocycles. The zero-order valence-corrected chi connectivity index (χ0v) is 7.11. The van der Waals surface area contributed by atoms with E-state index in [1.165, 1.54) is 0 Å². The van der Waals surface area contributed by atoms with Crippen molar-refractivity contribution in [1.29, 1.82) is 0 Å². The van der Waals surface area contributed by atoms with E-state index in [0.717, 1.165) is 19.1 Å². The molecule has 0 fully saturated rings. The average Bonchev–Trinajstić information content (AvgIpc) is 2.00. The first-order chi connectivity index (χ1) is 4.68. The van der Waals surface area contributed by atoms with Crippen molar-refractivity contribution in [2.45, 2.75) is 39.2 Å². The van der Waals surface area contributed by atoms with Crippen LogP contribution in [0, 0.1) is 0 Å². The van der Waals surface area contributed by atoms with Crippen LogP contribution in [0.2, 0.25) is 0 Å². The van der Waals surface area contributed by atoms with Gasteiger partial charge in [0.05, 0.1) is 6.54 Å². The first kappa shape index (κ1) is 9.63. The Hall–Kier alpha value is -0.370. The second-order valence-corrected chi connectivity index (χ2v) is 2.82. The van der Waals surface area contributed by atoms with E-state index in [4.69, 9.17) is 0 Å². The summed E-state index contributed by atoms with van der Waals surface area (Å²) >= 11 is 0. The molecule has 0 saturated carbocycles. The lowest BCUT2D eigenvalue weighted by Crippen LogP contribution is -2.41. The molecule has 0 aromatic heterocycles. The molecule has 1 N–H and O–H groups in total. The predicted molar refractivity (Wildman–Crippen MR) is 43.1 cm³/mol.